The largest absolute Gasteiger partial charge is 0.480 e. The molecule has 0 unspecified atom stereocenters. The average Bonchev–Trinajstić information content (AvgIpc) is 1.51. The fourth-order valence-electron chi connectivity index (χ4n) is 0.918. The highest BCUT2D eigenvalue weighted by molar-refractivity contribution is 5.75. The predicted octanol–water partition coefficient (Wildman–Crippen LogP) is 0.221. The topological polar surface area (TPSA) is 49.3 Å². The van der Waals surface area contributed by atoms with Crippen LogP contribution in [0.5, 0.6) is 0 Å². The van der Waals surface area contributed by atoms with Crippen LogP contribution in [0.4, 0.5) is 13.2 Å². The maximum Gasteiger partial charge on any atom is 0.395 e. The second-order valence-corrected chi connectivity index (χ2v) is 2.37. The summed E-state index contributed by atoms with van der Waals surface area (Å²) in [7, 11) is 0. The van der Waals surface area contributed by atoms with Gasteiger partial charge < -0.3 is 10.4 Å². The van der Waals surface area contributed by atoms with Crippen molar-refractivity contribution in [1.29, 1.82) is 0 Å². The van der Waals surface area contributed by atoms with Gasteiger partial charge in [-0.05, 0) is 0 Å². The first kappa shape index (κ1) is 8.32. The first-order valence-corrected chi connectivity index (χ1v) is 2.96. The highest BCUT2D eigenvalue weighted by atomic mass is 19.4. The lowest BCUT2D eigenvalue weighted by atomic mass is 9.91. The van der Waals surface area contributed by atoms with E-state index in [0.717, 1.165) is 0 Å². The highest BCUT2D eigenvalue weighted by Crippen LogP contribution is 2.32. The Morgan fingerprint density at radius 1 is 1.55 bits per heavy atom. The van der Waals surface area contributed by atoms with Crippen LogP contribution in [0.15, 0.2) is 0 Å². The number of aliphatic carboxylic acids is 1. The van der Waals surface area contributed by atoms with Crippen LogP contribution in [0.1, 0.15) is 0 Å². The van der Waals surface area contributed by atoms with Gasteiger partial charge in [0.25, 0.3) is 0 Å². The van der Waals surface area contributed by atoms with Gasteiger partial charge in [-0.1, -0.05) is 0 Å². The number of hydrogen-bond donors (Lipinski definition) is 2. The summed E-state index contributed by atoms with van der Waals surface area (Å²) in [6.07, 6.45) is -4.39. The highest BCUT2D eigenvalue weighted by Gasteiger charge is 2.52. The zero-order valence-corrected chi connectivity index (χ0v) is 5.35. The molecule has 2 N–H and O–H groups in total. The van der Waals surface area contributed by atoms with Crippen molar-refractivity contribution >= 4 is 5.97 Å². The number of carbonyl (C=O) groups is 1. The number of hydrogen-bond acceptors (Lipinski definition) is 2. The summed E-state index contributed by atoms with van der Waals surface area (Å²) in [5, 5.41) is 10.4. The van der Waals surface area contributed by atoms with Crippen molar-refractivity contribution in [3.05, 3.63) is 0 Å². The van der Waals surface area contributed by atoms with Gasteiger partial charge in [-0.3, -0.25) is 4.79 Å². The summed E-state index contributed by atoms with van der Waals surface area (Å²) in [6.45, 7) is -0.291. The first-order chi connectivity index (χ1) is 4.93. The summed E-state index contributed by atoms with van der Waals surface area (Å²) >= 11 is 0. The monoisotopic (exact) mass is 169 g/mol. The maximum atomic E-state index is 11.8. The Hall–Kier alpha value is -0.780. The summed E-state index contributed by atoms with van der Waals surface area (Å²) < 4.78 is 35.4. The second-order valence-electron chi connectivity index (χ2n) is 2.37. The number of carboxylic acid groups (broad SMARTS) is 1. The standard InChI is InChI=1S/C5H6F3NO2/c6-5(7,8)2-1-9-3(2)4(10)11/h2-3,9H,1H2,(H,10,11)/t2-,3-/m0/s1. The van der Waals surface area contributed by atoms with Gasteiger partial charge >= 0.3 is 12.1 Å². The van der Waals surface area contributed by atoms with Gasteiger partial charge in [-0.15, -0.1) is 0 Å². The third-order valence-corrected chi connectivity index (χ3v) is 1.65. The van der Waals surface area contributed by atoms with Gasteiger partial charge in [0, 0.05) is 6.54 Å². The first-order valence-electron chi connectivity index (χ1n) is 2.96. The Labute approximate surface area is 60.2 Å². The quantitative estimate of drug-likeness (QED) is 0.590. The molecule has 6 heteroatoms. The smallest absolute Gasteiger partial charge is 0.395 e. The molecule has 1 heterocycles. The Morgan fingerprint density at radius 2 is 2.09 bits per heavy atom. The molecule has 1 aliphatic heterocycles. The lowest BCUT2D eigenvalue weighted by Gasteiger charge is -2.35. The molecule has 1 rings (SSSR count). The Morgan fingerprint density at radius 3 is 2.18 bits per heavy atom. The molecule has 0 aliphatic carbocycles. The molecule has 11 heavy (non-hydrogen) atoms. The van der Waals surface area contributed by atoms with E-state index in [-0.39, 0.29) is 6.54 Å². The summed E-state index contributed by atoms with van der Waals surface area (Å²) in [4.78, 5) is 10.1. The van der Waals surface area contributed by atoms with Crippen LogP contribution >= 0.6 is 0 Å². The molecule has 1 saturated heterocycles. The van der Waals surface area contributed by atoms with E-state index < -0.39 is 24.1 Å². The number of nitrogens with one attached hydrogen (secondary N) is 1. The van der Waals surface area contributed by atoms with E-state index in [4.69, 9.17) is 5.11 Å². The Balaban J connectivity index is 2.57. The van der Waals surface area contributed by atoms with E-state index in [0.29, 0.717) is 0 Å². The van der Waals surface area contributed by atoms with Crippen molar-refractivity contribution in [3.8, 4) is 0 Å². The summed E-state index contributed by atoms with van der Waals surface area (Å²) in [5.41, 5.74) is 0. The third-order valence-electron chi connectivity index (χ3n) is 1.65. The third kappa shape index (κ3) is 1.45. The van der Waals surface area contributed by atoms with E-state index in [2.05, 4.69) is 5.32 Å². The molecule has 64 valence electrons. The van der Waals surface area contributed by atoms with E-state index >= 15 is 0 Å². The van der Waals surface area contributed by atoms with Gasteiger partial charge in [0.05, 0.1) is 5.92 Å². The van der Waals surface area contributed by atoms with Gasteiger partial charge in [-0.25, -0.2) is 0 Å². The SMILES string of the molecule is O=C(O)[C@H]1NC[C@@H]1C(F)(F)F. The molecule has 0 saturated carbocycles. The molecule has 0 spiro atoms. The molecular formula is C5H6F3NO2. The van der Waals surface area contributed by atoms with Crippen LogP contribution in [-0.4, -0.2) is 29.8 Å². The van der Waals surface area contributed by atoms with Crippen molar-refractivity contribution in [2.75, 3.05) is 6.54 Å². The maximum absolute atomic E-state index is 11.8. The summed E-state index contributed by atoms with van der Waals surface area (Å²) in [6, 6.07) is -1.45. The van der Waals surface area contributed by atoms with Gasteiger partial charge in [-0.2, -0.15) is 13.2 Å². The minimum Gasteiger partial charge on any atom is -0.480 e. The van der Waals surface area contributed by atoms with Crippen molar-refractivity contribution in [1.82, 2.24) is 5.32 Å². The van der Waals surface area contributed by atoms with Crippen LogP contribution in [0.2, 0.25) is 0 Å². The Bertz CT molecular complexity index is 179. The molecule has 0 aromatic rings. The normalized spacial score (nSPS) is 31.2. The molecule has 0 aromatic heterocycles. The Kier molecular flexibility index (Phi) is 1.79. The molecule has 0 amide bonds. The number of halogens is 3. The zero-order chi connectivity index (χ0) is 8.65. The minimum absolute atomic E-state index is 0.291. The second kappa shape index (κ2) is 2.37. The van der Waals surface area contributed by atoms with Crippen LogP contribution in [0.25, 0.3) is 0 Å². The average molecular weight is 169 g/mol. The molecule has 0 aromatic carbocycles. The van der Waals surface area contributed by atoms with Crippen LogP contribution in [-0.2, 0) is 4.79 Å². The van der Waals surface area contributed by atoms with E-state index in [1.807, 2.05) is 0 Å². The molecule has 0 bridgehead atoms. The van der Waals surface area contributed by atoms with E-state index in [1.165, 1.54) is 0 Å². The fourth-order valence-corrected chi connectivity index (χ4v) is 0.918. The number of rotatable bonds is 1. The zero-order valence-electron chi connectivity index (χ0n) is 5.35. The van der Waals surface area contributed by atoms with Crippen molar-refractivity contribution in [2.24, 2.45) is 5.92 Å². The molecule has 2 atom stereocenters. The number of carboxylic acids is 1. The summed E-state index contributed by atoms with van der Waals surface area (Å²) in [5.74, 6) is -3.17. The van der Waals surface area contributed by atoms with Crippen molar-refractivity contribution < 1.29 is 23.1 Å². The molecule has 0 radical (unpaired) electrons. The van der Waals surface area contributed by atoms with Gasteiger partial charge in [0.2, 0.25) is 0 Å². The van der Waals surface area contributed by atoms with Crippen molar-refractivity contribution in [2.45, 2.75) is 12.2 Å². The van der Waals surface area contributed by atoms with Gasteiger partial charge in [0.1, 0.15) is 6.04 Å². The van der Waals surface area contributed by atoms with Crippen LogP contribution < -0.4 is 5.32 Å². The molecule has 1 aliphatic rings. The molecule has 3 nitrogen and oxygen atoms in total. The van der Waals surface area contributed by atoms with E-state index in [9.17, 15) is 18.0 Å². The van der Waals surface area contributed by atoms with Gasteiger partial charge in [0.15, 0.2) is 0 Å². The minimum atomic E-state index is -4.39. The van der Waals surface area contributed by atoms with E-state index in [1.54, 1.807) is 0 Å². The molecular weight excluding hydrogens is 163 g/mol. The predicted molar refractivity (Wildman–Crippen MR) is 29.0 cm³/mol. The lowest BCUT2D eigenvalue weighted by molar-refractivity contribution is -0.205. The van der Waals surface area contributed by atoms with Crippen molar-refractivity contribution in [3.63, 3.8) is 0 Å². The van der Waals surface area contributed by atoms with Crippen LogP contribution in [0, 0.1) is 5.92 Å². The lowest BCUT2D eigenvalue weighted by Crippen LogP contribution is -2.62. The number of alkyl halides is 3. The van der Waals surface area contributed by atoms with Crippen LogP contribution in [0.3, 0.4) is 0 Å². The molecule has 1 fully saturated rings. The fraction of sp³-hybridized carbons (Fsp3) is 0.800.